The van der Waals surface area contributed by atoms with Crippen LogP contribution < -0.4 is 0 Å². The number of allylic oxidation sites excluding steroid dienone is 2. The minimum atomic E-state index is -0.948. The first kappa shape index (κ1) is 10.2. The van der Waals surface area contributed by atoms with Crippen molar-refractivity contribution in [2.75, 3.05) is 0 Å². The topological polar surface area (TPSA) is 55.1 Å². The van der Waals surface area contributed by atoms with Crippen molar-refractivity contribution in [1.82, 2.24) is 9.55 Å². The average Bonchev–Trinajstić information content (AvgIpc) is 2.71. The van der Waals surface area contributed by atoms with Gasteiger partial charge in [0, 0.05) is 0 Å². The molecule has 4 nitrogen and oxygen atoms in total. The SMILES string of the molecule is Cc1ncn([C@@H]2C=C[C@H](Cl)C2)c1C(=O)O. The molecule has 0 aliphatic heterocycles. The van der Waals surface area contributed by atoms with E-state index in [0.717, 1.165) is 6.42 Å². The minimum absolute atomic E-state index is 0.0137. The Kier molecular flexibility index (Phi) is 2.52. The smallest absolute Gasteiger partial charge is 0.354 e. The van der Waals surface area contributed by atoms with E-state index in [1.165, 1.54) is 0 Å². The summed E-state index contributed by atoms with van der Waals surface area (Å²) in [7, 11) is 0. The molecule has 0 saturated carbocycles. The molecule has 80 valence electrons. The first-order chi connectivity index (χ1) is 7.09. The molecule has 1 aliphatic rings. The summed E-state index contributed by atoms with van der Waals surface area (Å²) < 4.78 is 1.66. The summed E-state index contributed by atoms with van der Waals surface area (Å²) in [6, 6.07) is 0.0137. The van der Waals surface area contributed by atoms with Crippen LogP contribution in [0, 0.1) is 6.92 Å². The second-order valence-electron chi connectivity index (χ2n) is 3.59. The van der Waals surface area contributed by atoms with Crippen molar-refractivity contribution in [3.05, 3.63) is 29.9 Å². The van der Waals surface area contributed by atoms with E-state index in [9.17, 15) is 4.79 Å². The number of nitrogens with zero attached hydrogens (tertiary/aromatic N) is 2. The summed E-state index contributed by atoms with van der Waals surface area (Å²) in [5, 5.41) is 9.03. The fourth-order valence-corrected chi connectivity index (χ4v) is 2.08. The number of aryl methyl sites for hydroxylation is 1. The summed E-state index contributed by atoms with van der Waals surface area (Å²) in [6.07, 6.45) is 6.08. The molecule has 1 N–H and O–H groups in total. The number of halogens is 1. The molecule has 0 spiro atoms. The van der Waals surface area contributed by atoms with Crippen LogP contribution in [0.15, 0.2) is 18.5 Å². The van der Waals surface area contributed by atoms with Gasteiger partial charge in [0.05, 0.1) is 23.4 Å². The van der Waals surface area contributed by atoms with Crippen LogP contribution in [-0.4, -0.2) is 26.0 Å². The molecule has 5 heteroatoms. The summed E-state index contributed by atoms with van der Waals surface area (Å²) in [4.78, 5) is 15.0. The normalized spacial score (nSPS) is 24.7. The van der Waals surface area contributed by atoms with Crippen LogP contribution in [-0.2, 0) is 0 Å². The monoisotopic (exact) mass is 226 g/mol. The van der Waals surface area contributed by atoms with Gasteiger partial charge < -0.3 is 9.67 Å². The van der Waals surface area contributed by atoms with Crippen LogP contribution in [0.4, 0.5) is 0 Å². The van der Waals surface area contributed by atoms with Crippen molar-refractivity contribution < 1.29 is 9.90 Å². The molecule has 2 atom stereocenters. The third-order valence-electron chi connectivity index (χ3n) is 2.55. The molecule has 0 amide bonds. The molecule has 0 saturated heterocycles. The van der Waals surface area contributed by atoms with E-state index in [0.29, 0.717) is 5.69 Å². The zero-order valence-electron chi connectivity index (χ0n) is 8.22. The van der Waals surface area contributed by atoms with Crippen LogP contribution >= 0.6 is 11.6 Å². The average molecular weight is 227 g/mol. The fraction of sp³-hybridized carbons (Fsp3) is 0.400. The van der Waals surface area contributed by atoms with Gasteiger partial charge in [-0.05, 0) is 13.3 Å². The summed E-state index contributed by atoms with van der Waals surface area (Å²) in [6.45, 7) is 1.69. The molecule has 1 heterocycles. The van der Waals surface area contributed by atoms with Crippen LogP contribution in [0.5, 0.6) is 0 Å². The van der Waals surface area contributed by atoms with Crippen LogP contribution in [0.25, 0.3) is 0 Å². The van der Waals surface area contributed by atoms with E-state index in [-0.39, 0.29) is 17.1 Å². The third-order valence-corrected chi connectivity index (χ3v) is 2.87. The van der Waals surface area contributed by atoms with E-state index in [4.69, 9.17) is 16.7 Å². The minimum Gasteiger partial charge on any atom is -0.477 e. The van der Waals surface area contributed by atoms with Gasteiger partial charge in [0.2, 0.25) is 0 Å². The first-order valence-corrected chi connectivity index (χ1v) is 5.12. The zero-order chi connectivity index (χ0) is 11.0. The number of carboxylic acids is 1. The number of alkyl halides is 1. The molecule has 1 aromatic rings. The number of hydrogen-bond acceptors (Lipinski definition) is 2. The van der Waals surface area contributed by atoms with Gasteiger partial charge in [0.15, 0.2) is 5.69 Å². The Morgan fingerprint density at radius 1 is 1.67 bits per heavy atom. The Hall–Kier alpha value is -1.29. The predicted octanol–water partition coefficient (Wildman–Crippen LogP) is 2.00. The highest BCUT2D eigenvalue weighted by Crippen LogP contribution is 2.28. The van der Waals surface area contributed by atoms with Gasteiger partial charge in [0.1, 0.15) is 0 Å². The number of aromatic carboxylic acids is 1. The molecular weight excluding hydrogens is 216 g/mol. The van der Waals surface area contributed by atoms with Crippen molar-refractivity contribution in [1.29, 1.82) is 0 Å². The highest BCUT2D eigenvalue weighted by atomic mass is 35.5. The van der Waals surface area contributed by atoms with E-state index < -0.39 is 5.97 Å². The molecule has 0 aromatic carbocycles. The molecule has 2 rings (SSSR count). The van der Waals surface area contributed by atoms with Crippen LogP contribution in [0.2, 0.25) is 0 Å². The lowest BCUT2D eigenvalue weighted by Gasteiger charge is -2.12. The van der Waals surface area contributed by atoms with Gasteiger partial charge in [0.25, 0.3) is 0 Å². The lowest BCUT2D eigenvalue weighted by molar-refractivity contribution is 0.0683. The van der Waals surface area contributed by atoms with Gasteiger partial charge in [-0.25, -0.2) is 9.78 Å². The maximum atomic E-state index is 11.0. The fourth-order valence-electron chi connectivity index (χ4n) is 1.81. The molecule has 0 bridgehead atoms. The number of carbonyl (C=O) groups is 1. The Balaban J connectivity index is 2.37. The van der Waals surface area contributed by atoms with Crippen molar-refractivity contribution in [3.8, 4) is 0 Å². The molecule has 0 radical (unpaired) electrons. The van der Waals surface area contributed by atoms with E-state index >= 15 is 0 Å². The first-order valence-electron chi connectivity index (χ1n) is 4.68. The molecule has 15 heavy (non-hydrogen) atoms. The van der Waals surface area contributed by atoms with Crippen molar-refractivity contribution >= 4 is 17.6 Å². The summed E-state index contributed by atoms with van der Waals surface area (Å²) in [5.74, 6) is -0.948. The zero-order valence-corrected chi connectivity index (χ0v) is 8.98. The summed E-state index contributed by atoms with van der Waals surface area (Å²) in [5.41, 5.74) is 0.782. The second-order valence-corrected chi connectivity index (χ2v) is 4.16. The highest BCUT2D eigenvalue weighted by Gasteiger charge is 2.24. The molecule has 1 aromatic heterocycles. The van der Waals surface area contributed by atoms with Gasteiger partial charge in [-0.15, -0.1) is 11.6 Å². The molecular formula is C10H11ClN2O2. The van der Waals surface area contributed by atoms with Gasteiger partial charge in [-0.2, -0.15) is 0 Å². The largest absolute Gasteiger partial charge is 0.477 e. The van der Waals surface area contributed by atoms with Crippen molar-refractivity contribution in [3.63, 3.8) is 0 Å². The number of carboxylic acid groups (broad SMARTS) is 1. The van der Waals surface area contributed by atoms with Crippen LogP contribution in [0.3, 0.4) is 0 Å². The van der Waals surface area contributed by atoms with Crippen molar-refractivity contribution in [2.24, 2.45) is 0 Å². The van der Waals surface area contributed by atoms with Gasteiger partial charge in [-0.3, -0.25) is 0 Å². The molecule has 0 unspecified atom stereocenters. The standard InChI is InChI=1S/C10H11ClN2O2/c1-6-9(10(14)15)13(5-12-6)8-3-2-7(11)4-8/h2-3,5,7-8H,4H2,1H3,(H,14,15)/t7-,8+/m0/s1. The maximum Gasteiger partial charge on any atom is 0.354 e. The number of aromatic nitrogens is 2. The van der Waals surface area contributed by atoms with Gasteiger partial charge >= 0.3 is 5.97 Å². The second kappa shape index (κ2) is 3.70. The van der Waals surface area contributed by atoms with Crippen LogP contribution in [0.1, 0.15) is 28.6 Å². The Labute approximate surface area is 92.2 Å². The Bertz CT molecular complexity index is 425. The quantitative estimate of drug-likeness (QED) is 0.620. The van der Waals surface area contributed by atoms with Gasteiger partial charge in [-0.1, -0.05) is 12.2 Å². The van der Waals surface area contributed by atoms with E-state index in [1.807, 2.05) is 12.2 Å². The Morgan fingerprint density at radius 2 is 2.40 bits per heavy atom. The number of imidazole rings is 1. The maximum absolute atomic E-state index is 11.0. The number of hydrogen-bond donors (Lipinski definition) is 1. The summed E-state index contributed by atoms with van der Waals surface area (Å²) >= 11 is 5.93. The lowest BCUT2D eigenvalue weighted by Crippen LogP contribution is -2.13. The van der Waals surface area contributed by atoms with E-state index in [2.05, 4.69) is 4.98 Å². The van der Waals surface area contributed by atoms with Crippen molar-refractivity contribution in [2.45, 2.75) is 24.8 Å². The third kappa shape index (κ3) is 1.77. The molecule has 1 aliphatic carbocycles. The predicted molar refractivity (Wildman–Crippen MR) is 56.4 cm³/mol. The highest BCUT2D eigenvalue weighted by molar-refractivity contribution is 6.22. The van der Waals surface area contributed by atoms with E-state index in [1.54, 1.807) is 17.8 Å². The Morgan fingerprint density at radius 3 is 2.93 bits per heavy atom. The number of rotatable bonds is 2. The molecule has 0 fully saturated rings. The lowest BCUT2D eigenvalue weighted by atomic mass is 10.2.